The molecule has 0 saturated carbocycles. The van der Waals surface area contributed by atoms with Gasteiger partial charge in [-0.1, -0.05) is 0 Å². The summed E-state index contributed by atoms with van der Waals surface area (Å²) in [4.78, 5) is 12.3. The van der Waals surface area contributed by atoms with Gasteiger partial charge >= 0.3 is 0 Å². The number of morpholine rings is 1. The zero-order valence-corrected chi connectivity index (χ0v) is 9.63. The fourth-order valence-corrected chi connectivity index (χ4v) is 2.00. The molecule has 0 aromatic heterocycles. The molecule has 6 heteroatoms. The van der Waals surface area contributed by atoms with E-state index >= 15 is 0 Å². The van der Waals surface area contributed by atoms with E-state index in [1.165, 1.54) is 6.07 Å². The van der Waals surface area contributed by atoms with Crippen LogP contribution in [0.3, 0.4) is 0 Å². The van der Waals surface area contributed by atoms with Gasteiger partial charge in [0.15, 0.2) is 0 Å². The fraction of sp³-hybridized carbons (Fsp3) is 0.455. The number of nitrogens with two attached hydrogens (primary N) is 1. The van der Waals surface area contributed by atoms with Gasteiger partial charge in [-0.2, -0.15) is 0 Å². The number of rotatable bonds is 2. The van der Waals surface area contributed by atoms with Crippen molar-refractivity contribution in [1.82, 2.24) is 0 Å². The molecule has 0 radical (unpaired) electrons. The summed E-state index contributed by atoms with van der Waals surface area (Å²) in [6.45, 7) is 4.16. The number of nitro benzene ring substituents is 1. The topological polar surface area (TPSA) is 81.6 Å². The van der Waals surface area contributed by atoms with Crippen LogP contribution >= 0.6 is 0 Å². The Kier molecular flexibility index (Phi) is 3.14. The third kappa shape index (κ3) is 2.31. The molecule has 0 aliphatic carbocycles. The zero-order valence-electron chi connectivity index (χ0n) is 9.63. The van der Waals surface area contributed by atoms with Crippen molar-refractivity contribution < 1.29 is 9.66 Å². The molecule has 17 heavy (non-hydrogen) atoms. The Morgan fingerprint density at radius 3 is 2.94 bits per heavy atom. The van der Waals surface area contributed by atoms with Crippen LogP contribution in [0.2, 0.25) is 0 Å². The van der Waals surface area contributed by atoms with Gasteiger partial charge in [0.2, 0.25) is 0 Å². The molecule has 1 aliphatic rings. The van der Waals surface area contributed by atoms with Crippen LogP contribution in [0, 0.1) is 10.1 Å². The largest absolute Gasteiger partial charge is 0.393 e. The summed E-state index contributed by atoms with van der Waals surface area (Å²) in [6, 6.07) is 5.09. The molecule has 1 unspecified atom stereocenters. The molecule has 1 heterocycles. The summed E-state index contributed by atoms with van der Waals surface area (Å²) in [5.41, 5.74) is 6.73. The van der Waals surface area contributed by atoms with Crippen molar-refractivity contribution in [2.75, 3.05) is 30.4 Å². The monoisotopic (exact) mass is 237 g/mol. The molecule has 6 nitrogen and oxygen atoms in total. The lowest BCUT2D eigenvalue weighted by Gasteiger charge is -2.35. The summed E-state index contributed by atoms with van der Waals surface area (Å²) in [7, 11) is 0. The average molecular weight is 237 g/mol. The Bertz CT molecular complexity index is 436. The molecule has 1 atom stereocenters. The first-order chi connectivity index (χ1) is 8.09. The third-order valence-electron chi connectivity index (χ3n) is 2.91. The van der Waals surface area contributed by atoms with E-state index in [0.717, 1.165) is 12.2 Å². The van der Waals surface area contributed by atoms with E-state index in [9.17, 15) is 10.1 Å². The van der Waals surface area contributed by atoms with Crippen LogP contribution < -0.4 is 10.6 Å². The SMILES string of the molecule is CC1COCCN1c1ccc([N+](=O)[O-])c(N)c1. The van der Waals surface area contributed by atoms with E-state index < -0.39 is 4.92 Å². The first kappa shape index (κ1) is 11.7. The molecule has 0 amide bonds. The third-order valence-corrected chi connectivity index (χ3v) is 2.91. The Hall–Kier alpha value is -1.82. The molecule has 1 aromatic carbocycles. The quantitative estimate of drug-likeness (QED) is 0.477. The normalized spacial score (nSPS) is 20.3. The summed E-state index contributed by atoms with van der Waals surface area (Å²) in [5, 5.41) is 10.7. The fourth-order valence-electron chi connectivity index (χ4n) is 2.00. The second-order valence-corrected chi connectivity index (χ2v) is 4.12. The maximum absolute atomic E-state index is 10.7. The highest BCUT2D eigenvalue weighted by atomic mass is 16.6. The van der Waals surface area contributed by atoms with Gasteiger partial charge in [-0.3, -0.25) is 10.1 Å². The van der Waals surface area contributed by atoms with Crippen LogP contribution in [0.4, 0.5) is 17.1 Å². The van der Waals surface area contributed by atoms with Gasteiger partial charge < -0.3 is 15.4 Å². The summed E-state index contributed by atoms with van der Waals surface area (Å²) in [6.07, 6.45) is 0. The maximum atomic E-state index is 10.7. The number of hydrogen-bond donors (Lipinski definition) is 1. The van der Waals surface area contributed by atoms with Crippen molar-refractivity contribution in [3.63, 3.8) is 0 Å². The Balaban J connectivity index is 2.27. The molecule has 92 valence electrons. The molecule has 0 bridgehead atoms. The smallest absolute Gasteiger partial charge is 0.292 e. The van der Waals surface area contributed by atoms with Crippen molar-refractivity contribution in [3.05, 3.63) is 28.3 Å². The van der Waals surface area contributed by atoms with E-state index in [-0.39, 0.29) is 17.4 Å². The van der Waals surface area contributed by atoms with Crippen LogP contribution in [0.15, 0.2) is 18.2 Å². The summed E-state index contributed by atoms with van der Waals surface area (Å²) in [5.74, 6) is 0. The second kappa shape index (κ2) is 4.58. The van der Waals surface area contributed by atoms with Gasteiger partial charge in [-0.15, -0.1) is 0 Å². The van der Waals surface area contributed by atoms with Crippen molar-refractivity contribution in [2.45, 2.75) is 13.0 Å². The van der Waals surface area contributed by atoms with Crippen molar-refractivity contribution in [1.29, 1.82) is 0 Å². The van der Waals surface area contributed by atoms with Crippen LogP contribution in [0.25, 0.3) is 0 Å². The molecule has 1 saturated heterocycles. The van der Waals surface area contributed by atoms with E-state index in [2.05, 4.69) is 11.8 Å². The standard InChI is InChI=1S/C11H15N3O3/c1-8-7-17-5-4-13(8)9-2-3-11(14(15)16)10(12)6-9/h2-3,6,8H,4-5,7,12H2,1H3. The van der Waals surface area contributed by atoms with Crippen LogP contribution in [-0.4, -0.2) is 30.7 Å². The van der Waals surface area contributed by atoms with Crippen LogP contribution in [0.1, 0.15) is 6.92 Å². The molecular formula is C11H15N3O3. The van der Waals surface area contributed by atoms with Gasteiger partial charge in [0, 0.05) is 24.3 Å². The van der Waals surface area contributed by atoms with Crippen LogP contribution in [-0.2, 0) is 4.74 Å². The Morgan fingerprint density at radius 2 is 2.35 bits per heavy atom. The molecule has 0 spiro atoms. The molecule has 2 N–H and O–H groups in total. The number of nitrogens with zero attached hydrogens (tertiary/aromatic N) is 2. The minimum atomic E-state index is -0.470. The predicted octanol–water partition coefficient (Wildman–Crippen LogP) is 1.40. The molecule has 1 fully saturated rings. The number of nitro groups is 1. The number of anilines is 2. The van der Waals surface area contributed by atoms with Gasteiger partial charge in [0.25, 0.3) is 5.69 Å². The number of nitrogen functional groups attached to an aromatic ring is 1. The van der Waals surface area contributed by atoms with Gasteiger partial charge in [-0.05, 0) is 19.1 Å². The Morgan fingerprint density at radius 1 is 1.59 bits per heavy atom. The molecule has 1 aromatic rings. The number of benzene rings is 1. The average Bonchev–Trinajstić information content (AvgIpc) is 2.29. The Labute approximate surface area is 99.1 Å². The number of hydrogen-bond acceptors (Lipinski definition) is 5. The summed E-state index contributed by atoms with van der Waals surface area (Å²) < 4.78 is 5.34. The van der Waals surface area contributed by atoms with E-state index in [0.29, 0.717) is 13.2 Å². The first-order valence-electron chi connectivity index (χ1n) is 5.48. The lowest BCUT2D eigenvalue weighted by Crippen LogP contribution is -2.43. The molecule has 2 rings (SSSR count). The predicted molar refractivity (Wildman–Crippen MR) is 65.1 cm³/mol. The van der Waals surface area contributed by atoms with E-state index in [1.807, 2.05) is 0 Å². The second-order valence-electron chi connectivity index (χ2n) is 4.12. The molecular weight excluding hydrogens is 222 g/mol. The highest BCUT2D eigenvalue weighted by Crippen LogP contribution is 2.28. The van der Waals surface area contributed by atoms with E-state index in [1.54, 1.807) is 12.1 Å². The van der Waals surface area contributed by atoms with Gasteiger partial charge in [0.05, 0.1) is 18.1 Å². The number of ether oxygens (including phenoxy) is 1. The summed E-state index contributed by atoms with van der Waals surface area (Å²) >= 11 is 0. The molecule has 1 aliphatic heterocycles. The van der Waals surface area contributed by atoms with Crippen molar-refractivity contribution >= 4 is 17.1 Å². The van der Waals surface area contributed by atoms with Gasteiger partial charge in [0.1, 0.15) is 5.69 Å². The lowest BCUT2D eigenvalue weighted by atomic mass is 10.2. The maximum Gasteiger partial charge on any atom is 0.292 e. The zero-order chi connectivity index (χ0) is 12.4. The van der Waals surface area contributed by atoms with Crippen LogP contribution in [0.5, 0.6) is 0 Å². The highest BCUT2D eigenvalue weighted by Gasteiger charge is 2.21. The van der Waals surface area contributed by atoms with Gasteiger partial charge in [-0.25, -0.2) is 0 Å². The van der Waals surface area contributed by atoms with Crippen molar-refractivity contribution in [2.24, 2.45) is 0 Å². The lowest BCUT2D eigenvalue weighted by molar-refractivity contribution is -0.383. The first-order valence-corrected chi connectivity index (χ1v) is 5.48. The minimum absolute atomic E-state index is 0.0466. The van der Waals surface area contributed by atoms with Crippen molar-refractivity contribution in [3.8, 4) is 0 Å². The van der Waals surface area contributed by atoms with E-state index in [4.69, 9.17) is 10.5 Å². The highest BCUT2D eigenvalue weighted by molar-refractivity contribution is 5.67. The minimum Gasteiger partial charge on any atom is -0.393 e.